The number of hydrogen-bond donors (Lipinski definition) is 3. The highest BCUT2D eigenvalue weighted by Crippen LogP contribution is 2.30. The lowest BCUT2D eigenvalue weighted by molar-refractivity contribution is -0.150. The normalized spacial score (nSPS) is 26.1. The number of halogens is 1. The highest BCUT2D eigenvalue weighted by Gasteiger charge is 2.34. The number of rotatable bonds is 4. The SMILES string of the molecule is CC(=O)Oc1ccc([C@H]2CC(=O)O[C@@H](C)C[C@@H](C)/C=C(\C)C[C@H](C)C(=O)N[C@@H](C)C(=O)N(C)[C@H](Cc3c(Br)[nH]c4ccccc34)C(=O)N2)cc1. The quantitative estimate of drug-likeness (QED) is 0.170. The number of ether oxygens (including phenoxy) is 2. The summed E-state index contributed by atoms with van der Waals surface area (Å²) in [6.07, 6.45) is 2.66. The van der Waals surface area contributed by atoms with E-state index >= 15 is 0 Å². The fourth-order valence-corrected chi connectivity index (χ4v) is 7.09. The first kappa shape index (κ1) is 38.4. The van der Waals surface area contributed by atoms with E-state index in [0.29, 0.717) is 28.8 Å². The van der Waals surface area contributed by atoms with Gasteiger partial charge in [-0.2, -0.15) is 0 Å². The third kappa shape index (κ3) is 10.1. The van der Waals surface area contributed by atoms with Gasteiger partial charge in [-0.3, -0.25) is 24.0 Å². The van der Waals surface area contributed by atoms with Crippen molar-refractivity contribution in [3.63, 3.8) is 0 Å². The van der Waals surface area contributed by atoms with Crippen LogP contribution in [0.3, 0.4) is 0 Å². The van der Waals surface area contributed by atoms with Crippen molar-refractivity contribution in [3.8, 4) is 5.75 Å². The summed E-state index contributed by atoms with van der Waals surface area (Å²) in [4.78, 5) is 71.1. The van der Waals surface area contributed by atoms with Crippen LogP contribution in [0.1, 0.15) is 78.0 Å². The van der Waals surface area contributed by atoms with Gasteiger partial charge < -0.3 is 30.0 Å². The summed E-state index contributed by atoms with van der Waals surface area (Å²) in [6, 6.07) is 11.4. The van der Waals surface area contributed by atoms with Crippen molar-refractivity contribution in [1.82, 2.24) is 20.5 Å². The summed E-state index contributed by atoms with van der Waals surface area (Å²) >= 11 is 3.60. The van der Waals surface area contributed by atoms with Crippen molar-refractivity contribution in [1.29, 1.82) is 0 Å². The van der Waals surface area contributed by atoms with Crippen LogP contribution in [0.15, 0.2) is 64.8 Å². The zero-order valence-electron chi connectivity index (χ0n) is 29.7. The van der Waals surface area contributed by atoms with E-state index in [1.807, 2.05) is 52.0 Å². The fourth-order valence-electron chi connectivity index (χ4n) is 6.50. The second-order valence-corrected chi connectivity index (χ2v) is 14.2. The Labute approximate surface area is 301 Å². The number of cyclic esters (lactones) is 1. The smallest absolute Gasteiger partial charge is 0.308 e. The Morgan fingerprint density at radius 1 is 0.960 bits per heavy atom. The van der Waals surface area contributed by atoms with Gasteiger partial charge in [0.25, 0.3) is 0 Å². The topological polar surface area (TPSA) is 147 Å². The monoisotopic (exact) mass is 750 g/mol. The number of amides is 3. The number of hydrogen-bond acceptors (Lipinski definition) is 7. The summed E-state index contributed by atoms with van der Waals surface area (Å²) in [5, 5.41) is 6.75. The predicted molar refractivity (Wildman–Crippen MR) is 194 cm³/mol. The van der Waals surface area contributed by atoms with E-state index in [-0.39, 0.29) is 24.7 Å². The molecule has 11 nitrogen and oxygen atoms in total. The van der Waals surface area contributed by atoms with Crippen LogP contribution in [0.4, 0.5) is 0 Å². The van der Waals surface area contributed by atoms with E-state index < -0.39 is 53.9 Å². The van der Waals surface area contributed by atoms with E-state index in [1.165, 1.54) is 18.9 Å². The second kappa shape index (κ2) is 17.0. The van der Waals surface area contributed by atoms with E-state index in [2.05, 4.69) is 37.6 Å². The molecular formula is C38H47BrN4O7. The van der Waals surface area contributed by atoms with Gasteiger partial charge in [-0.05, 0) is 84.8 Å². The third-order valence-corrected chi connectivity index (χ3v) is 9.60. The Morgan fingerprint density at radius 2 is 1.64 bits per heavy atom. The van der Waals surface area contributed by atoms with Crippen LogP contribution in [-0.2, 0) is 35.1 Å². The molecule has 0 bridgehead atoms. The molecule has 1 aromatic heterocycles. The van der Waals surface area contributed by atoms with Crippen LogP contribution in [0.2, 0.25) is 0 Å². The summed E-state index contributed by atoms with van der Waals surface area (Å²) in [6.45, 7) is 10.5. The van der Waals surface area contributed by atoms with Gasteiger partial charge in [0, 0.05) is 37.2 Å². The number of nitrogens with one attached hydrogen (secondary N) is 3. The molecule has 0 saturated heterocycles. The van der Waals surface area contributed by atoms with Gasteiger partial charge in [0.2, 0.25) is 17.7 Å². The minimum Gasteiger partial charge on any atom is -0.463 e. The van der Waals surface area contributed by atoms with E-state index in [0.717, 1.165) is 22.0 Å². The summed E-state index contributed by atoms with van der Waals surface area (Å²) < 4.78 is 11.7. The van der Waals surface area contributed by atoms with Gasteiger partial charge >= 0.3 is 11.9 Å². The van der Waals surface area contributed by atoms with Gasteiger partial charge in [-0.25, -0.2) is 0 Å². The molecule has 0 unspecified atom stereocenters. The molecule has 2 aromatic carbocycles. The van der Waals surface area contributed by atoms with Gasteiger partial charge in [0.1, 0.15) is 17.8 Å². The van der Waals surface area contributed by atoms with Gasteiger partial charge in [-0.1, -0.05) is 55.8 Å². The Balaban J connectivity index is 1.75. The number of carbonyl (C=O) groups is 5. The average molecular weight is 752 g/mol. The molecule has 1 aliphatic heterocycles. The molecule has 12 heteroatoms. The number of nitrogens with zero attached hydrogens (tertiary/aromatic N) is 1. The molecular weight excluding hydrogens is 704 g/mol. The van der Waals surface area contributed by atoms with E-state index in [9.17, 15) is 24.0 Å². The number of benzene rings is 2. The molecule has 0 aliphatic carbocycles. The molecule has 1 aliphatic rings. The lowest BCUT2D eigenvalue weighted by Crippen LogP contribution is -2.55. The largest absolute Gasteiger partial charge is 0.463 e. The third-order valence-electron chi connectivity index (χ3n) is 8.92. The highest BCUT2D eigenvalue weighted by atomic mass is 79.9. The minimum atomic E-state index is -1.04. The van der Waals surface area contributed by atoms with Crippen LogP contribution in [0.5, 0.6) is 5.75 Å². The lowest BCUT2D eigenvalue weighted by Gasteiger charge is -2.32. The van der Waals surface area contributed by atoms with Crippen molar-refractivity contribution >= 4 is 56.5 Å². The Hall–Kier alpha value is -4.45. The maximum absolute atomic E-state index is 14.4. The maximum Gasteiger partial charge on any atom is 0.308 e. The second-order valence-electron chi connectivity index (χ2n) is 13.4. The molecule has 0 radical (unpaired) electrons. The van der Waals surface area contributed by atoms with E-state index in [1.54, 1.807) is 31.2 Å². The maximum atomic E-state index is 14.4. The average Bonchev–Trinajstić information content (AvgIpc) is 3.35. The number of likely N-dealkylation sites (N-methyl/N-ethyl adjacent to an activating group) is 1. The van der Waals surface area contributed by atoms with Crippen molar-refractivity contribution in [2.45, 2.75) is 91.5 Å². The minimum absolute atomic E-state index is 0.0678. The first-order valence-electron chi connectivity index (χ1n) is 16.9. The molecule has 0 spiro atoms. The Morgan fingerprint density at radius 3 is 2.32 bits per heavy atom. The van der Waals surface area contributed by atoms with Crippen molar-refractivity contribution in [2.24, 2.45) is 11.8 Å². The van der Waals surface area contributed by atoms with Gasteiger partial charge in [0.15, 0.2) is 0 Å². The number of allylic oxidation sites excluding steroid dienone is 2. The molecule has 3 aromatic rings. The number of aromatic nitrogens is 1. The Kier molecular flexibility index (Phi) is 13.0. The highest BCUT2D eigenvalue weighted by molar-refractivity contribution is 9.10. The lowest BCUT2D eigenvalue weighted by atomic mass is 9.95. The fraction of sp³-hybridized carbons (Fsp3) is 0.447. The summed E-state index contributed by atoms with van der Waals surface area (Å²) in [5.74, 6) is -2.22. The van der Waals surface area contributed by atoms with Gasteiger partial charge in [0.05, 0.1) is 23.2 Å². The van der Waals surface area contributed by atoms with Crippen LogP contribution in [0, 0.1) is 11.8 Å². The standard InChI is InChI=1S/C38H47BrN4O7/c1-21-16-22(2)18-24(4)49-34(45)20-32(27-12-14-28(15-13-27)50-26(6)44)42-37(47)33(19-30-29-10-8-9-11-31(29)41-35(30)39)43(7)38(48)25(5)40-36(46)23(3)17-21/h8-16,22-25,32-33,41H,17-20H2,1-7H3,(H,40,46)(H,42,47)/b21-16+/t22-,23-,24-,25-,32+,33+/m0/s1. The molecule has 0 fully saturated rings. The number of H-pyrrole nitrogens is 1. The molecule has 2 heterocycles. The molecule has 6 atom stereocenters. The van der Waals surface area contributed by atoms with Crippen LogP contribution >= 0.6 is 15.9 Å². The zero-order valence-corrected chi connectivity index (χ0v) is 31.3. The zero-order chi connectivity index (χ0) is 36.7. The predicted octanol–water partition coefficient (Wildman–Crippen LogP) is 5.92. The number of esters is 2. The van der Waals surface area contributed by atoms with E-state index in [4.69, 9.17) is 9.47 Å². The molecule has 268 valence electrons. The number of para-hydroxylation sites is 1. The van der Waals surface area contributed by atoms with Crippen LogP contribution in [0.25, 0.3) is 10.9 Å². The van der Waals surface area contributed by atoms with Crippen molar-refractivity contribution < 1.29 is 33.4 Å². The van der Waals surface area contributed by atoms with Crippen LogP contribution in [-0.4, -0.2) is 64.8 Å². The summed E-state index contributed by atoms with van der Waals surface area (Å²) in [7, 11) is 1.54. The molecule has 3 amide bonds. The van der Waals surface area contributed by atoms with Crippen molar-refractivity contribution in [3.05, 3.63) is 75.9 Å². The van der Waals surface area contributed by atoms with Gasteiger partial charge in [-0.15, -0.1) is 0 Å². The summed E-state index contributed by atoms with van der Waals surface area (Å²) in [5.41, 5.74) is 3.24. The van der Waals surface area contributed by atoms with Crippen LogP contribution < -0.4 is 15.4 Å². The number of fused-ring (bicyclic) bond motifs is 1. The molecule has 0 saturated carbocycles. The number of carbonyl (C=O) groups excluding carboxylic acids is 5. The number of aromatic amines is 1. The molecule has 4 rings (SSSR count). The first-order chi connectivity index (χ1) is 23.6. The molecule has 3 N–H and O–H groups in total. The Bertz CT molecular complexity index is 1750. The first-order valence-corrected chi connectivity index (χ1v) is 17.7. The molecule has 50 heavy (non-hydrogen) atoms. The van der Waals surface area contributed by atoms with Crippen molar-refractivity contribution in [2.75, 3.05) is 7.05 Å².